The Hall–Kier alpha value is -2.02. The van der Waals surface area contributed by atoms with Crippen molar-refractivity contribution in [1.29, 1.82) is 0 Å². The Labute approximate surface area is 125 Å². The molecule has 0 aliphatic rings. The summed E-state index contributed by atoms with van der Waals surface area (Å²) in [7, 11) is 0. The quantitative estimate of drug-likeness (QED) is 0.834. The number of carbonyl (C=O) groups is 1. The third-order valence-electron chi connectivity index (χ3n) is 2.61. The molecule has 0 radical (unpaired) electrons. The first-order chi connectivity index (χ1) is 10.2. The van der Waals surface area contributed by atoms with Crippen LogP contribution >= 0.6 is 11.8 Å². The summed E-state index contributed by atoms with van der Waals surface area (Å²) in [6.07, 6.45) is 3.63. The van der Waals surface area contributed by atoms with E-state index in [1.54, 1.807) is 12.3 Å². The smallest absolute Gasteiger partial charge is 0.290 e. The zero-order valence-corrected chi connectivity index (χ0v) is 11.8. The zero-order valence-electron chi connectivity index (χ0n) is 11.0. The van der Waals surface area contributed by atoms with Crippen molar-refractivity contribution in [3.63, 3.8) is 0 Å². The van der Waals surface area contributed by atoms with Crippen molar-refractivity contribution in [2.75, 3.05) is 6.54 Å². The van der Waals surface area contributed by atoms with Gasteiger partial charge in [0, 0.05) is 31.1 Å². The summed E-state index contributed by atoms with van der Waals surface area (Å²) in [6.45, 7) is 0.378. The van der Waals surface area contributed by atoms with Crippen molar-refractivity contribution in [1.82, 2.24) is 15.3 Å². The van der Waals surface area contributed by atoms with E-state index in [1.807, 2.05) is 18.2 Å². The lowest BCUT2D eigenvalue weighted by molar-refractivity contribution is 0.0950. The van der Waals surface area contributed by atoms with E-state index in [-0.39, 0.29) is 22.4 Å². The van der Waals surface area contributed by atoms with Crippen LogP contribution in [-0.4, -0.2) is 28.2 Å². The van der Waals surface area contributed by atoms with Crippen molar-refractivity contribution in [2.24, 2.45) is 0 Å². The number of nitrogens with zero attached hydrogens (tertiary/aromatic N) is 2. The van der Waals surface area contributed by atoms with Crippen molar-refractivity contribution in [2.45, 2.75) is 17.2 Å². The molecule has 0 unspecified atom stereocenters. The first-order valence-corrected chi connectivity index (χ1v) is 7.12. The van der Waals surface area contributed by atoms with Crippen LogP contribution in [-0.2, 0) is 6.42 Å². The SMILES string of the molecule is O=C(NCCc1ccccn1)c1cccnc1SC(F)F. The molecule has 0 saturated carbocycles. The second kappa shape index (κ2) is 7.68. The van der Waals surface area contributed by atoms with E-state index in [9.17, 15) is 13.6 Å². The number of rotatable bonds is 6. The van der Waals surface area contributed by atoms with Gasteiger partial charge >= 0.3 is 0 Å². The van der Waals surface area contributed by atoms with Crippen LogP contribution in [0, 0.1) is 0 Å². The molecular formula is C14H13F2N3OS. The fraction of sp³-hybridized carbons (Fsp3) is 0.214. The second-order valence-corrected chi connectivity index (χ2v) is 5.04. The number of aromatic nitrogens is 2. The average molecular weight is 309 g/mol. The number of hydrogen-bond acceptors (Lipinski definition) is 4. The molecule has 110 valence electrons. The summed E-state index contributed by atoms with van der Waals surface area (Å²) in [5, 5.41) is 2.71. The molecule has 0 aliphatic heterocycles. The Bertz CT molecular complexity index is 596. The van der Waals surface area contributed by atoms with Crippen LogP contribution in [0.2, 0.25) is 0 Å². The van der Waals surface area contributed by atoms with Crippen LogP contribution in [0.15, 0.2) is 47.8 Å². The summed E-state index contributed by atoms with van der Waals surface area (Å²) in [5.41, 5.74) is 1.01. The molecule has 2 aromatic heterocycles. The maximum Gasteiger partial charge on any atom is 0.290 e. The topological polar surface area (TPSA) is 54.9 Å². The highest BCUT2D eigenvalue weighted by molar-refractivity contribution is 7.99. The maximum absolute atomic E-state index is 12.4. The van der Waals surface area contributed by atoms with Crippen LogP contribution in [0.3, 0.4) is 0 Å². The summed E-state index contributed by atoms with van der Waals surface area (Å²) >= 11 is 0.266. The third-order valence-corrected chi connectivity index (χ3v) is 3.34. The lowest BCUT2D eigenvalue weighted by Gasteiger charge is -2.08. The van der Waals surface area contributed by atoms with Gasteiger partial charge in [0.25, 0.3) is 11.7 Å². The van der Waals surface area contributed by atoms with Crippen LogP contribution in [0.5, 0.6) is 0 Å². The van der Waals surface area contributed by atoms with E-state index in [0.29, 0.717) is 13.0 Å². The third kappa shape index (κ3) is 4.78. The minimum atomic E-state index is -2.61. The Morgan fingerprint density at radius 1 is 1.19 bits per heavy atom. The Morgan fingerprint density at radius 2 is 2.00 bits per heavy atom. The van der Waals surface area contributed by atoms with Crippen molar-refractivity contribution in [3.8, 4) is 0 Å². The standard InChI is InChI=1S/C14H13F2N3OS/c15-14(16)21-13-11(5-3-8-19-13)12(20)18-9-6-10-4-1-2-7-17-10/h1-5,7-8,14H,6,9H2,(H,18,20). The lowest BCUT2D eigenvalue weighted by Crippen LogP contribution is -2.26. The van der Waals surface area contributed by atoms with E-state index in [4.69, 9.17) is 0 Å². The van der Waals surface area contributed by atoms with E-state index < -0.39 is 11.7 Å². The van der Waals surface area contributed by atoms with Crippen LogP contribution in [0.4, 0.5) is 8.78 Å². The molecule has 2 heterocycles. The summed E-state index contributed by atoms with van der Waals surface area (Å²) in [4.78, 5) is 20.0. The van der Waals surface area contributed by atoms with Crippen molar-refractivity contribution < 1.29 is 13.6 Å². The molecule has 0 atom stereocenters. The average Bonchev–Trinajstić information content (AvgIpc) is 2.48. The molecule has 0 aromatic carbocycles. The van der Waals surface area contributed by atoms with Gasteiger partial charge in [0.2, 0.25) is 0 Å². The molecule has 0 spiro atoms. The van der Waals surface area contributed by atoms with Crippen molar-refractivity contribution >= 4 is 17.7 Å². The first kappa shape index (κ1) is 15.4. The van der Waals surface area contributed by atoms with Crippen LogP contribution < -0.4 is 5.32 Å². The molecule has 21 heavy (non-hydrogen) atoms. The van der Waals surface area contributed by atoms with Gasteiger partial charge in [-0.1, -0.05) is 6.07 Å². The highest BCUT2D eigenvalue weighted by atomic mass is 32.2. The minimum Gasteiger partial charge on any atom is -0.352 e. The Kier molecular flexibility index (Phi) is 5.62. The van der Waals surface area contributed by atoms with Gasteiger partial charge in [-0.25, -0.2) is 4.98 Å². The molecule has 1 N–H and O–H groups in total. The summed E-state index contributed by atoms with van der Waals surface area (Å²) in [5.74, 6) is -3.03. The molecule has 0 bridgehead atoms. The number of thioether (sulfide) groups is 1. The number of nitrogens with one attached hydrogen (secondary N) is 1. The van der Waals surface area contributed by atoms with Gasteiger partial charge in [0.05, 0.1) is 5.56 Å². The van der Waals surface area contributed by atoms with E-state index in [2.05, 4.69) is 15.3 Å². The molecule has 2 rings (SSSR count). The number of pyridine rings is 2. The fourth-order valence-electron chi connectivity index (χ4n) is 1.69. The first-order valence-electron chi connectivity index (χ1n) is 6.25. The van der Waals surface area contributed by atoms with Gasteiger partial charge in [-0.15, -0.1) is 0 Å². The molecule has 0 saturated heterocycles. The van der Waals surface area contributed by atoms with Gasteiger partial charge in [-0.2, -0.15) is 8.78 Å². The summed E-state index contributed by atoms with van der Waals surface area (Å²) in [6, 6.07) is 8.56. The molecule has 1 amide bonds. The number of hydrogen-bond donors (Lipinski definition) is 1. The lowest BCUT2D eigenvalue weighted by atomic mass is 10.2. The normalized spacial score (nSPS) is 10.6. The maximum atomic E-state index is 12.4. The Balaban J connectivity index is 1.94. The van der Waals surface area contributed by atoms with Crippen LogP contribution in [0.1, 0.15) is 16.1 Å². The molecule has 7 heteroatoms. The van der Waals surface area contributed by atoms with Crippen LogP contribution in [0.25, 0.3) is 0 Å². The molecule has 0 aliphatic carbocycles. The molecule has 4 nitrogen and oxygen atoms in total. The van der Waals surface area contributed by atoms with Gasteiger partial charge in [0.1, 0.15) is 5.03 Å². The molecule has 2 aromatic rings. The fourth-order valence-corrected chi connectivity index (χ4v) is 2.27. The van der Waals surface area contributed by atoms with E-state index >= 15 is 0 Å². The number of alkyl halides is 2. The minimum absolute atomic E-state index is 0.0304. The predicted molar refractivity (Wildman–Crippen MR) is 76.4 cm³/mol. The molecule has 0 fully saturated rings. The van der Waals surface area contributed by atoms with Gasteiger partial charge in [-0.3, -0.25) is 9.78 Å². The monoisotopic (exact) mass is 309 g/mol. The van der Waals surface area contributed by atoms with E-state index in [1.165, 1.54) is 12.3 Å². The predicted octanol–water partition coefficient (Wildman–Crippen LogP) is 2.76. The highest BCUT2D eigenvalue weighted by Crippen LogP contribution is 2.26. The Morgan fingerprint density at radius 3 is 2.71 bits per heavy atom. The zero-order chi connectivity index (χ0) is 15.1. The summed E-state index contributed by atoms with van der Waals surface area (Å²) < 4.78 is 24.8. The van der Waals surface area contributed by atoms with Gasteiger partial charge < -0.3 is 5.32 Å². The number of amides is 1. The largest absolute Gasteiger partial charge is 0.352 e. The van der Waals surface area contributed by atoms with E-state index in [0.717, 1.165) is 5.69 Å². The molecular weight excluding hydrogens is 296 g/mol. The van der Waals surface area contributed by atoms with Gasteiger partial charge in [0.15, 0.2) is 0 Å². The van der Waals surface area contributed by atoms with Gasteiger partial charge in [-0.05, 0) is 36.0 Å². The number of carbonyl (C=O) groups excluding carboxylic acids is 1. The number of halogens is 2. The second-order valence-electron chi connectivity index (χ2n) is 4.06. The highest BCUT2D eigenvalue weighted by Gasteiger charge is 2.16. The van der Waals surface area contributed by atoms with Crippen molar-refractivity contribution in [3.05, 3.63) is 54.0 Å².